The van der Waals surface area contributed by atoms with E-state index in [1.807, 2.05) is 0 Å². The van der Waals surface area contributed by atoms with Crippen molar-refractivity contribution in [3.8, 4) is 0 Å². The Morgan fingerprint density at radius 1 is 0.500 bits per heavy atom. The van der Waals surface area contributed by atoms with Crippen LogP contribution in [-0.4, -0.2) is 11.4 Å². The van der Waals surface area contributed by atoms with Crippen LogP contribution in [0.2, 0.25) is 0 Å². The molecule has 0 N–H and O–H groups in total. The van der Waals surface area contributed by atoms with E-state index >= 15 is 0 Å². The van der Waals surface area contributed by atoms with E-state index in [-0.39, 0.29) is 0 Å². The Hall–Kier alpha value is -2.22. The van der Waals surface area contributed by atoms with Crippen molar-refractivity contribution in [2.24, 2.45) is 9.98 Å². The van der Waals surface area contributed by atoms with Crippen molar-refractivity contribution < 1.29 is 0 Å². The van der Waals surface area contributed by atoms with Crippen molar-refractivity contribution in [2.45, 2.75) is 106 Å². The molecule has 0 radical (unpaired) electrons. The number of nitrogens with zero attached hydrogens (tertiary/aromatic N) is 2. The molecule has 0 spiro atoms. The van der Waals surface area contributed by atoms with E-state index in [4.69, 9.17) is 9.98 Å². The summed E-state index contributed by atoms with van der Waals surface area (Å²) in [5.74, 6) is 0. The summed E-state index contributed by atoms with van der Waals surface area (Å²) in [4.78, 5) is 10.5. The SMILES string of the molecule is CCCCC(=Nc1cc(CC)cc(CC)c1)C(CCCC)=Nc1cc(CC)cc(CC)c1. The fourth-order valence-corrected chi connectivity index (χ4v) is 3.96. The third-order valence-corrected chi connectivity index (χ3v) is 6.10. The topological polar surface area (TPSA) is 24.7 Å². The minimum atomic E-state index is 0.991. The summed E-state index contributed by atoms with van der Waals surface area (Å²) >= 11 is 0. The van der Waals surface area contributed by atoms with E-state index in [1.54, 1.807) is 0 Å². The van der Waals surface area contributed by atoms with E-state index in [0.717, 1.165) is 62.7 Å². The minimum Gasteiger partial charge on any atom is -0.252 e. The fraction of sp³-hybridized carbons (Fsp3) is 0.533. The molecule has 2 nitrogen and oxygen atoms in total. The summed E-state index contributed by atoms with van der Waals surface area (Å²) in [5, 5.41) is 0. The van der Waals surface area contributed by atoms with Gasteiger partial charge in [-0.1, -0.05) is 66.5 Å². The molecule has 0 saturated heterocycles. The number of benzene rings is 2. The number of hydrogen-bond acceptors (Lipinski definition) is 2. The van der Waals surface area contributed by atoms with Crippen LogP contribution in [0.25, 0.3) is 0 Å². The van der Waals surface area contributed by atoms with Crippen molar-refractivity contribution in [3.63, 3.8) is 0 Å². The molecule has 0 heterocycles. The molecule has 0 amide bonds. The van der Waals surface area contributed by atoms with Crippen molar-refractivity contribution in [1.29, 1.82) is 0 Å². The molecule has 32 heavy (non-hydrogen) atoms. The second-order valence-corrected chi connectivity index (χ2v) is 8.75. The quantitative estimate of drug-likeness (QED) is 0.282. The lowest BCUT2D eigenvalue weighted by molar-refractivity contribution is 0.824. The molecule has 2 aromatic carbocycles. The van der Waals surface area contributed by atoms with E-state index < -0.39 is 0 Å². The summed E-state index contributed by atoms with van der Waals surface area (Å²) < 4.78 is 0. The van der Waals surface area contributed by atoms with Gasteiger partial charge in [-0.3, -0.25) is 9.98 Å². The van der Waals surface area contributed by atoms with Gasteiger partial charge in [-0.15, -0.1) is 0 Å². The molecule has 2 rings (SSSR count). The fourth-order valence-electron chi connectivity index (χ4n) is 3.96. The van der Waals surface area contributed by atoms with Crippen LogP contribution < -0.4 is 0 Å². The molecule has 2 aromatic rings. The molecule has 0 unspecified atom stereocenters. The summed E-state index contributed by atoms with van der Waals surface area (Å²) in [6.45, 7) is 13.4. The largest absolute Gasteiger partial charge is 0.252 e. The molecule has 0 aromatic heterocycles. The van der Waals surface area contributed by atoms with E-state index in [1.165, 1.54) is 46.5 Å². The lowest BCUT2D eigenvalue weighted by atomic mass is 10.0. The highest BCUT2D eigenvalue weighted by atomic mass is 14.8. The third-order valence-electron chi connectivity index (χ3n) is 6.10. The van der Waals surface area contributed by atoms with Gasteiger partial charge in [-0.05, 0) is 97.9 Å². The molecule has 0 aliphatic rings. The first-order valence-electron chi connectivity index (χ1n) is 13.0. The van der Waals surface area contributed by atoms with Crippen molar-refractivity contribution >= 4 is 22.8 Å². The Labute approximate surface area is 197 Å². The number of unbranched alkanes of at least 4 members (excludes halogenated alkanes) is 2. The van der Waals surface area contributed by atoms with Crippen molar-refractivity contribution in [1.82, 2.24) is 0 Å². The molecule has 0 saturated carbocycles. The van der Waals surface area contributed by atoms with Crippen LogP contribution in [0.3, 0.4) is 0 Å². The maximum Gasteiger partial charge on any atom is 0.0639 e. The number of aliphatic imine (C=N–C) groups is 2. The predicted molar refractivity (Wildman–Crippen MR) is 144 cm³/mol. The minimum absolute atomic E-state index is 0.991. The first kappa shape index (κ1) is 26.0. The zero-order chi connectivity index (χ0) is 23.3. The highest BCUT2D eigenvalue weighted by molar-refractivity contribution is 6.43. The zero-order valence-electron chi connectivity index (χ0n) is 21.4. The second-order valence-electron chi connectivity index (χ2n) is 8.75. The summed E-state index contributed by atoms with van der Waals surface area (Å²) in [6.07, 6.45) is 10.8. The molecule has 0 aliphatic carbocycles. The predicted octanol–water partition coefficient (Wildman–Crippen LogP) is 9.16. The first-order chi connectivity index (χ1) is 15.6. The average molecular weight is 433 g/mol. The van der Waals surface area contributed by atoms with Crippen LogP contribution in [0.15, 0.2) is 46.4 Å². The van der Waals surface area contributed by atoms with Gasteiger partial charge in [0.25, 0.3) is 0 Å². The van der Waals surface area contributed by atoms with Gasteiger partial charge in [0.2, 0.25) is 0 Å². The standard InChI is InChI=1S/C30H44N2/c1-7-13-15-29(31-27-19-23(9-3)17-24(10-4)20-27)30(16-14-8-2)32-28-21-25(11-5)18-26(12-6)22-28/h17-22H,7-16H2,1-6H3. The first-order valence-corrected chi connectivity index (χ1v) is 13.0. The van der Waals surface area contributed by atoms with Gasteiger partial charge in [0.1, 0.15) is 0 Å². The lowest BCUT2D eigenvalue weighted by Crippen LogP contribution is -2.14. The third kappa shape index (κ3) is 8.04. The molecule has 0 fully saturated rings. The Balaban J connectivity index is 2.58. The van der Waals surface area contributed by atoms with Gasteiger partial charge < -0.3 is 0 Å². The van der Waals surface area contributed by atoms with Gasteiger partial charge >= 0.3 is 0 Å². The zero-order valence-corrected chi connectivity index (χ0v) is 21.4. The highest BCUT2D eigenvalue weighted by Crippen LogP contribution is 2.24. The highest BCUT2D eigenvalue weighted by Gasteiger charge is 2.11. The smallest absolute Gasteiger partial charge is 0.0639 e. The monoisotopic (exact) mass is 432 g/mol. The molecule has 0 bridgehead atoms. The van der Waals surface area contributed by atoms with E-state index in [2.05, 4.69) is 77.9 Å². The van der Waals surface area contributed by atoms with Gasteiger partial charge in [0, 0.05) is 0 Å². The number of hydrogen-bond donors (Lipinski definition) is 0. The molecular formula is C30H44N2. The van der Waals surface area contributed by atoms with Gasteiger partial charge in [0.15, 0.2) is 0 Å². The number of rotatable bonds is 13. The Morgan fingerprint density at radius 3 is 1.06 bits per heavy atom. The Bertz CT molecular complexity index is 785. The van der Waals surface area contributed by atoms with Crippen molar-refractivity contribution in [2.75, 3.05) is 0 Å². The average Bonchev–Trinajstić information content (AvgIpc) is 2.83. The van der Waals surface area contributed by atoms with Crippen LogP contribution in [0.5, 0.6) is 0 Å². The molecule has 174 valence electrons. The Kier molecular flexibility index (Phi) is 11.4. The molecular weight excluding hydrogens is 388 g/mol. The molecule has 2 heteroatoms. The molecule has 0 atom stereocenters. The number of aryl methyl sites for hydroxylation is 4. The molecule has 0 aliphatic heterocycles. The normalized spacial score (nSPS) is 12.4. The van der Waals surface area contributed by atoms with Crippen LogP contribution >= 0.6 is 0 Å². The van der Waals surface area contributed by atoms with Crippen LogP contribution in [-0.2, 0) is 25.7 Å². The summed E-state index contributed by atoms with van der Waals surface area (Å²) in [5.41, 5.74) is 10.0. The summed E-state index contributed by atoms with van der Waals surface area (Å²) in [6, 6.07) is 13.7. The van der Waals surface area contributed by atoms with Crippen LogP contribution in [0, 0.1) is 0 Å². The van der Waals surface area contributed by atoms with Gasteiger partial charge in [0.05, 0.1) is 22.8 Å². The second kappa shape index (κ2) is 14.0. The van der Waals surface area contributed by atoms with Crippen molar-refractivity contribution in [3.05, 3.63) is 58.7 Å². The van der Waals surface area contributed by atoms with Crippen LogP contribution in [0.1, 0.15) is 102 Å². The van der Waals surface area contributed by atoms with Gasteiger partial charge in [-0.2, -0.15) is 0 Å². The van der Waals surface area contributed by atoms with E-state index in [0.29, 0.717) is 0 Å². The maximum absolute atomic E-state index is 5.23. The summed E-state index contributed by atoms with van der Waals surface area (Å²) in [7, 11) is 0. The van der Waals surface area contributed by atoms with E-state index in [9.17, 15) is 0 Å². The lowest BCUT2D eigenvalue weighted by Gasteiger charge is -2.13. The van der Waals surface area contributed by atoms with Crippen LogP contribution in [0.4, 0.5) is 11.4 Å². The van der Waals surface area contributed by atoms with Gasteiger partial charge in [-0.25, -0.2) is 0 Å². The maximum atomic E-state index is 5.23. The Morgan fingerprint density at radius 2 is 0.812 bits per heavy atom.